The third-order valence-electron chi connectivity index (χ3n) is 2.61. The molecule has 3 heteroatoms. The number of benzene rings is 1. The van der Waals surface area contributed by atoms with E-state index in [1.54, 1.807) is 0 Å². The van der Waals surface area contributed by atoms with Crippen LogP contribution in [-0.4, -0.2) is 43.9 Å². The third-order valence-corrected chi connectivity index (χ3v) is 3.63. The van der Waals surface area contributed by atoms with E-state index in [1.807, 2.05) is 11.8 Å². The van der Waals surface area contributed by atoms with Crippen LogP contribution in [-0.2, 0) is 0 Å². The zero-order valence-corrected chi connectivity index (χ0v) is 11.3. The summed E-state index contributed by atoms with van der Waals surface area (Å²) in [6.07, 6.45) is 0. The maximum Gasteiger partial charge on any atom is 0.0186 e. The van der Waals surface area contributed by atoms with Crippen molar-refractivity contribution in [1.29, 1.82) is 0 Å². The molecule has 0 saturated carbocycles. The van der Waals surface area contributed by atoms with Gasteiger partial charge in [-0.05, 0) is 33.2 Å². The van der Waals surface area contributed by atoms with Gasteiger partial charge in [0.15, 0.2) is 0 Å². The minimum atomic E-state index is 0.599. The lowest BCUT2D eigenvalue weighted by molar-refractivity contribution is 0.305. The quantitative estimate of drug-likeness (QED) is 0.580. The van der Waals surface area contributed by atoms with Crippen LogP contribution in [0.2, 0.25) is 0 Å². The Morgan fingerprint density at radius 3 is 2.56 bits per heavy atom. The Balaban J connectivity index is 2.04. The first-order chi connectivity index (χ1) is 7.70. The molecular weight excluding hydrogens is 216 g/mol. The Labute approximate surface area is 103 Å². The van der Waals surface area contributed by atoms with Crippen LogP contribution >= 0.6 is 11.8 Å². The van der Waals surface area contributed by atoms with Crippen molar-refractivity contribution >= 4 is 11.8 Å². The summed E-state index contributed by atoms with van der Waals surface area (Å²) in [6.45, 7) is 4.36. The van der Waals surface area contributed by atoms with Gasteiger partial charge in [-0.15, -0.1) is 11.8 Å². The highest BCUT2D eigenvalue weighted by Gasteiger charge is 2.02. The fourth-order valence-electron chi connectivity index (χ4n) is 1.25. The summed E-state index contributed by atoms with van der Waals surface area (Å²) in [6, 6.07) is 11.1. The van der Waals surface area contributed by atoms with Crippen LogP contribution in [0.25, 0.3) is 0 Å². The summed E-state index contributed by atoms with van der Waals surface area (Å²) >= 11 is 1.90. The van der Waals surface area contributed by atoms with E-state index in [4.69, 9.17) is 0 Å². The fraction of sp³-hybridized carbons (Fsp3) is 0.538. The molecule has 0 aliphatic carbocycles. The standard InChI is InChI=1S/C13H22N2S/c1-12(15(2)3)11-14-9-10-16-13-7-5-4-6-8-13/h4-8,12,14H,9-11H2,1-3H3. The summed E-state index contributed by atoms with van der Waals surface area (Å²) in [5, 5.41) is 3.47. The molecule has 0 bridgehead atoms. The SMILES string of the molecule is CC(CNCCSc1ccccc1)N(C)C. The lowest BCUT2D eigenvalue weighted by Gasteiger charge is -2.19. The highest BCUT2D eigenvalue weighted by molar-refractivity contribution is 7.99. The predicted molar refractivity (Wildman–Crippen MR) is 73.2 cm³/mol. The summed E-state index contributed by atoms with van der Waals surface area (Å²) in [4.78, 5) is 3.59. The van der Waals surface area contributed by atoms with Gasteiger partial charge >= 0.3 is 0 Å². The molecule has 1 atom stereocenters. The number of rotatable bonds is 7. The van der Waals surface area contributed by atoms with Gasteiger partial charge in [-0.2, -0.15) is 0 Å². The second-order valence-electron chi connectivity index (χ2n) is 4.18. The van der Waals surface area contributed by atoms with E-state index in [-0.39, 0.29) is 0 Å². The van der Waals surface area contributed by atoms with Gasteiger partial charge in [0.1, 0.15) is 0 Å². The van der Waals surface area contributed by atoms with Crippen LogP contribution < -0.4 is 5.32 Å². The highest BCUT2D eigenvalue weighted by Crippen LogP contribution is 2.15. The van der Waals surface area contributed by atoms with Crippen molar-refractivity contribution in [3.8, 4) is 0 Å². The normalized spacial score (nSPS) is 13.0. The van der Waals surface area contributed by atoms with Gasteiger partial charge in [0.25, 0.3) is 0 Å². The van der Waals surface area contributed by atoms with E-state index in [1.165, 1.54) is 4.90 Å². The zero-order chi connectivity index (χ0) is 11.8. The molecule has 0 aliphatic rings. The molecule has 2 nitrogen and oxygen atoms in total. The van der Waals surface area contributed by atoms with Gasteiger partial charge in [-0.1, -0.05) is 18.2 Å². The maximum absolute atomic E-state index is 3.47. The molecule has 1 aromatic carbocycles. The van der Waals surface area contributed by atoms with Crippen molar-refractivity contribution in [3.05, 3.63) is 30.3 Å². The monoisotopic (exact) mass is 238 g/mol. The third kappa shape index (κ3) is 5.54. The molecule has 1 aromatic rings. The van der Waals surface area contributed by atoms with Gasteiger partial charge in [0.05, 0.1) is 0 Å². The average molecular weight is 238 g/mol. The molecule has 0 heterocycles. The van der Waals surface area contributed by atoms with E-state index >= 15 is 0 Å². The van der Waals surface area contributed by atoms with Crippen molar-refractivity contribution in [3.63, 3.8) is 0 Å². The van der Waals surface area contributed by atoms with Crippen LogP contribution in [0.1, 0.15) is 6.92 Å². The van der Waals surface area contributed by atoms with E-state index in [9.17, 15) is 0 Å². The fourth-order valence-corrected chi connectivity index (χ4v) is 2.08. The first kappa shape index (κ1) is 13.6. The Kier molecular flexibility index (Phi) is 6.53. The van der Waals surface area contributed by atoms with Crippen LogP contribution in [0.5, 0.6) is 0 Å². The van der Waals surface area contributed by atoms with E-state index in [0.29, 0.717) is 6.04 Å². The Bertz CT molecular complexity index is 275. The highest BCUT2D eigenvalue weighted by atomic mass is 32.2. The molecule has 90 valence electrons. The van der Waals surface area contributed by atoms with Crippen molar-refractivity contribution in [2.75, 3.05) is 32.9 Å². The molecule has 1 unspecified atom stereocenters. The second-order valence-corrected chi connectivity index (χ2v) is 5.35. The molecule has 1 rings (SSSR count). The minimum Gasteiger partial charge on any atom is -0.314 e. The van der Waals surface area contributed by atoms with Gasteiger partial charge in [0.2, 0.25) is 0 Å². The molecule has 1 N–H and O–H groups in total. The molecule has 0 amide bonds. The summed E-state index contributed by atoms with van der Waals surface area (Å²) < 4.78 is 0. The van der Waals surface area contributed by atoms with Crippen molar-refractivity contribution in [2.45, 2.75) is 17.9 Å². The Morgan fingerprint density at radius 2 is 1.94 bits per heavy atom. The summed E-state index contributed by atoms with van der Waals surface area (Å²) in [5.41, 5.74) is 0. The number of hydrogen-bond donors (Lipinski definition) is 1. The average Bonchev–Trinajstić information content (AvgIpc) is 2.29. The van der Waals surface area contributed by atoms with Crippen LogP contribution in [0, 0.1) is 0 Å². The molecule has 0 radical (unpaired) electrons. The Hall–Kier alpha value is -0.510. The number of nitrogens with zero attached hydrogens (tertiary/aromatic N) is 1. The van der Waals surface area contributed by atoms with Gasteiger partial charge in [0, 0.05) is 29.8 Å². The van der Waals surface area contributed by atoms with E-state index < -0.39 is 0 Å². The van der Waals surface area contributed by atoms with Crippen molar-refractivity contribution < 1.29 is 0 Å². The van der Waals surface area contributed by atoms with Crippen LogP contribution in [0.15, 0.2) is 35.2 Å². The molecule has 0 spiro atoms. The molecule has 0 fully saturated rings. The lowest BCUT2D eigenvalue weighted by Crippen LogP contribution is -2.36. The first-order valence-corrected chi connectivity index (χ1v) is 6.73. The topological polar surface area (TPSA) is 15.3 Å². The number of thioether (sulfide) groups is 1. The molecular formula is C13H22N2S. The smallest absolute Gasteiger partial charge is 0.0186 e. The van der Waals surface area contributed by atoms with Crippen LogP contribution in [0.4, 0.5) is 0 Å². The van der Waals surface area contributed by atoms with E-state index in [2.05, 4.69) is 61.6 Å². The lowest BCUT2D eigenvalue weighted by atomic mass is 10.3. The number of nitrogens with one attached hydrogen (secondary N) is 1. The largest absolute Gasteiger partial charge is 0.314 e. The Morgan fingerprint density at radius 1 is 1.25 bits per heavy atom. The first-order valence-electron chi connectivity index (χ1n) is 5.75. The van der Waals surface area contributed by atoms with E-state index in [0.717, 1.165) is 18.8 Å². The minimum absolute atomic E-state index is 0.599. The van der Waals surface area contributed by atoms with Gasteiger partial charge in [-0.25, -0.2) is 0 Å². The maximum atomic E-state index is 3.47. The second kappa shape index (κ2) is 7.71. The summed E-state index contributed by atoms with van der Waals surface area (Å²) in [5.74, 6) is 1.13. The molecule has 0 saturated heterocycles. The predicted octanol–water partition coefficient (Wildman–Crippen LogP) is 2.32. The number of hydrogen-bond acceptors (Lipinski definition) is 3. The van der Waals surface area contributed by atoms with Crippen LogP contribution in [0.3, 0.4) is 0 Å². The zero-order valence-electron chi connectivity index (χ0n) is 10.4. The molecule has 0 aliphatic heterocycles. The number of likely N-dealkylation sites (N-methyl/N-ethyl adjacent to an activating group) is 1. The van der Waals surface area contributed by atoms with Gasteiger partial charge < -0.3 is 10.2 Å². The van der Waals surface area contributed by atoms with Crippen molar-refractivity contribution in [2.24, 2.45) is 0 Å². The molecule has 0 aromatic heterocycles. The molecule has 16 heavy (non-hydrogen) atoms. The summed E-state index contributed by atoms with van der Waals surface area (Å²) in [7, 11) is 4.23. The van der Waals surface area contributed by atoms with Crippen molar-refractivity contribution in [1.82, 2.24) is 10.2 Å². The van der Waals surface area contributed by atoms with Gasteiger partial charge in [-0.3, -0.25) is 0 Å².